The van der Waals surface area contributed by atoms with Crippen LogP contribution in [-0.4, -0.2) is 23.2 Å². The fourth-order valence-corrected chi connectivity index (χ4v) is 2.37. The summed E-state index contributed by atoms with van der Waals surface area (Å²) in [6, 6.07) is 1.62. The molecule has 0 saturated heterocycles. The second-order valence-corrected chi connectivity index (χ2v) is 4.13. The molecule has 1 N–H and O–H groups in total. The van der Waals surface area contributed by atoms with Crippen molar-refractivity contribution in [1.29, 1.82) is 0 Å². The van der Waals surface area contributed by atoms with Crippen LogP contribution in [0.1, 0.15) is 15.4 Å². The van der Waals surface area contributed by atoms with E-state index in [4.69, 9.17) is 0 Å². The quantitative estimate of drug-likeness (QED) is 0.752. The number of esters is 1. The molecule has 0 saturated carbocycles. The van der Waals surface area contributed by atoms with Crippen molar-refractivity contribution in [2.75, 3.05) is 7.11 Å². The Bertz CT molecular complexity index is 494. The van der Waals surface area contributed by atoms with Crippen LogP contribution in [0.25, 0.3) is 10.1 Å². The third-order valence-electron chi connectivity index (χ3n) is 2.10. The molecule has 0 fully saturated rings. The van der Waals surface area contributed by atoms with Gasteiger partial charge in [-0.05, 0) is 13.0 Å². The topological polar surface area (TPSA) is 59.4 Å². The van der Waals surface area contributed by atoms with E-state index in [1.165, 1.54) is 24.6 Å². The summed E-state index contributed by atoms with van der Waals surface area (Å²) in [6.07, 6.45) is 1.38. The van der Waals surface area contributed by atoms with E-state index in [-0.39, 0.29) is 5.75 Å². The minimum absolute atomic E-state index is 0.0852. The molecule has 4 nitrogen and oxygen atoms in total. The molecule has 0 aliphatic rings. The molecule has 2 heterocycles. The summed E-state index contributed by atoms with van der Waals surface area (Å²) in [4.78, 5) is 15.8. The van der Waals surface area contributed by atoms with Crippen LogP contribution in [0.5, 0.6) is 5.75 Å². The number of pyridine rings is 1. The number of carbonyl (C=O) groups excluding carboxylic acids is 1. The van der Waals surface area contributed by atoms with Crippen molar-refractivity contribution in [2.24, 2.45) is 0 Å². The number of hydrogen-bond acceptors (Lipinski definition) is 5. The van der Waals surface area contributed by atoms with Gasteiger partial charge >= 0.3 is 5.97 Å². The Labute approximate surface area is 90.1 Å². The van der Waals surface area contributed by atoms with Crippen molar-refractivity contribution in [3.8, 4) is 5.75 Å². The van der Waals surface area contributed by atoms with Gasteiger partial charge in [0.05, 0.1) is 23.7 Å². The van der Waals surface area contributed by atoms with Crippen molar-refractivity contribution in [3.05, 3.63) is 22.8 Å². The van der Waals surface area contributed by atoms with Gasteiger partial charge in [-0.15, -0.1) is 11.3 Å². The van der Waals surface area contributed by atoms with Crippen LogP contribution in [0.2, 0.25) is 0 Å². The van der Waals surface area contributed by atoms with Crippen LogP contribution in [-0.2, 0) is 4.74 Å². The molecule has 0 unspecified atom stereocenters. The number of aromatic nitrogens is 1. The highest BCUT2D eigenvalue weighted by atomic mass is 32.1. The number of aromatic hydroxyl groups is 1. The standard InChI is InChI=1S/C10H9NO3S/c1-5-9-6(7(12)4-11-5)3-8(15-9)10(13)14-2/h3-4,12H,1-2H3. The van der Waals surface area contributed by atoms with Gasteiger partial charge in [0.1, 0.15) is 10.6 Å². The van der Waals surface area contributed by atoms with Crippen LogP contribution in [0.3, 0.4) is 0 Å². The number of carbonyl (C=O) groups is 1. The Balaban J connectivity index is 2.70. The molecule has 0 aliphatic carbocycles. The summed E-state index contributed by atoms with van der Waals surface area (Å²) >= 11 is 1.27. The second kappa shape index (κ2) is 3.51. The van der Waals surface area contributed by atoms with E-state index >= 15 is 0 Å². The molecule has 0 aromatic carbocycles. The number of thiophene rings is 1. The van der Waals surface area contributed by atoms with Gasteiger partial charge in [0.15, 0.2) is 0 Å². The van der Waals surface area contributed by atoms with Crippen molar-refractivity contribution in [3.63, 3.8) is 0 Å². The van der Waals surface area contributed by atoms with Gasteiger partial charge in [-0.2, -0.15) is 0 Å². The normalized spacial score (nSPS) is 10.5. The maximum absolute atomic E-state index is 11.3. The Morgan fingerprint density at radius 2 is 2.33 bits per heavy atom. The number of methoxy groups -OCH3 is 1. The zero-order valence-corrected chi connectivity index (χ0v) is 9.09. The molecule has 5 heteroatoms. The highest BCUT2D eigenvalue weighted by Gasteiger charge is 2.14. The molecule has 0 atom stereocenters. The lowest BCUT2D eigenvalue weighted by Gasteiger charge is -1.95. The molecule has 78 valence electrons. The van der Waals surface area contributed by atoms with Gasteiger partial charge in [-0.3, -0.25) is 4.98 Å². The van der Waals surface area contributed by atoms with E-state index in [9.17, 15) is 9.90 Å². The summed E-state index contributed by atoms with van der Waals surface area (Å²) in [6.45, 7) is 1.83. The molecule has 0 bridgehead atoms. The Kier molecular flexibility index (Phi) is 2.32. The average molecular weight is 223 g/mol. The third-order valence-corrected chi connectivity index (χ3v) is 3.33. The van der Waals surface area contributed by atoms with Gasteiger partial charge in [0.25, 0.3) is 0 Å². The predicted molar refractivity (Wildman–Crippen MR) is 57.4 cm³/mol. The van der Waals surface area contributed by atoms with Gasteiger partial charge < -0.3 is 9.84 Å². The van der Waals surface area contributed by atoms with E-state index < -0.39 is 5.97 Å². The lowest BCUT2D eigenvalue weighted by molar-refractivity contribution is 0.0606. The van der Waals surface area contributed by atoms with Crippen LogP contribution < -0.4 is 0 Å². The lowest BCUT2D eigenvalue weighted by atomic mass is 10.2. The summed E-state index contributed by atoms with van der Waals surface area (Å²) in [7, 11) is 1.33. The molecule has 2 aromatic rings. The number of rotatable bonds is 1. The summed E-state index contributed by atoms with van der Waals surface area (Å²) < 4.78 is 5.43. The number of ether oxygens (including phenoxy) is 1. The van der Waals surface area contributed by atoms with Crippen LogP contribution >= 0.6 is 11.3 Å². The maximum atomic E-state index is 11.3. The van der Waals surface area contributed by atoms with Gasteiger partial charge in [-0.25, -0.2) is 4.79 Å². The smallest absolute Gasteiger partial charge is 0.348 e. The molecular formula is C10H9NO3S. The minimum Gasteiger partial charge on any atom is -0.506 e. The van der Waals surface area contributed by atoms with E-state index in [0.717, 1.165) is 10.4 Å². The van der Waals surface area contributed by atoms with Crippen molar-refractivity contribution in [1.82, 2.24) is 4.98 Å². The number of fused-ring (bicyclic) bond motifs is 1. The SMILES string of the molecule is COC(=O)c1cc2c(O)cnc(C)c2s1. The first-order valence-corrected chi connectivity index (χ1v) is 5.11. The molecule has 0 amide bonds. The van der Waals surface area contributed by atoms with Crippen LogP contribution in [0, 0.1) is 6.92 Å². The first kappa shape index (κ1) is 9.92. The number of nitrogens with zero attached hydrogens (tertiary/aromatic N) is 1. The fourth-order valence-electron chi connectivity index (χ4n) is 1.34. The van der Waals surface area contributed by atoms with Crippen molar-refractivity contribution >= 4 is 27.4 Å². The van der Waals surface area contributed by atoms with E-state index in [1.807, 2.05) is 6.92 Å². The molecule has 15 heavy (non-hydrogen) atoms. The average Bonchev–Trinajstić information content (AvgIpc) is 2.68. The largest absolute Gasteiger partial charge is 0.506 e. The molecular weight excluding hydrogens is 214 g/mol. The van der Waals surface area contributed by atoms with E-state index in [2.05, 4.69) is 9.72 Å². The minimum atomic E-state index is -0.394. The first-order valence-electron chi connectivity index (χ1n) is 4.30. The Hall–Kier alpha value is -1.62. The monoisotopic (exact) mass is 223 g/mol. The third kappa shape index (κ3) is 1.55. The Morgan fingerprint density at radius 1 is 1.60 bits per heavy atom. The molecule has 0 radical (unpaired) electrons. The summed E-state index contributed by atoms with van der Waals surface area (Å²) in [5.41, 5.74) is 0.794. The first-order chi connectivity index (χ1) is 7.13. The maximum Gasteiger partial charge on any atom is 0.348 e. The van der Waals surface area contributed by atoms with Gasteiger partial charge in [-0.1, -0.05) is 0 Å². The van der Waals surface area contributed by atoms with Gasteiger partial charge in [0, 0.05) is 5.39 Å². The highest BCUT2D eigenvalue weighted by Crippen LogP contribution is 2.33. The van der Waals surface area contributed by atoms with Crippen molar-refractivity contribution in [2.45, 2.75) is 6.92 Å². The number of hydrogen-bond donors (Lipinski definition) is 1. The van der Waals surface area contributed by atoms with Crippen LogP contribution in [0.15, 0.2) is 12.3 Å². The van der Waals surface area contributed by atoms with E-state index in [1.54, 1.807) is 6.07 Å². The molecule has 2 aromatic heterocycles. The summed E-state index contributed by atoms with van der Waals surface area (Å²) in [5, 5.41) is 10.2. The van der Waals surface area contributed by atoms with Crippen LogP contribution in [0.4, 0.5) is 0 Å². The lowest BCUT2D eigenvalue weighted by Crippen LogP contribution is -1.96. The molecule has 0 aliphatic heterocycles. The highest BCUT2D eigenvalue weighted by molar-refractivity contribution is 7.21. The van der Waals surface area contributed by atoms with Crippen molar-refractivity contribution < 1.29 is 14.6 Å². The zero-order chi connectivity index (χ0) is 11.0. The zero-order valence-electron chi connectivity index (χ0n) is 8.27. The number of aryl methyl sites for hydroxylation is 1. The Morgan fingerprint density at radius 3 is 2.93 bits per heavy atom. The van der Waals surface area contributed by atoms with E-state index in [0.29, 0.717) is 10.3 Å². The molecule has 0 spiro atoms. The predicted octanol–water partition coefficient (Wildman–Crippen LogP) is 2.10. The summed E-state index contributed by atoms with van der Waals surface area (Å²) in [5.74, 6) is -0.308. The van der Waals surface area contributed by atoms with Gasteiger partial charge in [0.2, 0.25) is 0 Å². The molecule has 2 rings (SSSR count). The fraction of sp³-hybridized carbons (Fsp3) is 0.200. The second-order valence-electron chi connectivity index (χ2n) is 3.07.